The van der Waals surface area contributed by atoms with E-state index in [-0.39, 0.29) is 29.6 Å². The van der Waals surface area contributed by atoms with Crippen molar-refractivity contribution < 1.29 is 24.2 Å². The lowest BCUT2D eigenvalue weighted by Gasteiger charge is -2.38. The second-order valence-electron chi connectivity index (χ2n) is 11.0. The zero-order valence-electron chi connectivity index (χ0n) is 22.3. The number of rotatable bonds is 6. The molecule has 1 unspecified atom stereocenters. The second-order valence-corrected chi connectivity index (χ2v) is 12.4. The van der Waals surface area contributed by atoms with Gasteiger partial charge in [-0.3, -0.25) is 14.4 Å². The van der Waals surface area contributed by atoms with Crippen molar-refractivity contribution in [1.82, 2.24) is 9.80 Å². The minimum absolute atomic E-state index is 0.160. The number of carbonyl (C=O) groups excluding carboxylic acids is 3. The van der Waals surface area contributed by atoms with Crippen LogP contribution in [-0.2, 0) is 32.1 Å². The van der Waals surface area contributed by atoms with E-state index in [4.69, 9.17) is 4.74 Å². The topological polar surface area (TPSA) is 87.2 Å². The number of allylic oxidation sites excluding steroid dienone is 1. The molecule has 0 aliphatic carbocycles. The summed E-state index contributed by atoms with van der Waals surface area (Å²) in [5.74, 6) is -2.26. The lowest BCUT2D eigenvalue weighted by atomic mass is 9.78. The van der Waals surface area contributed by atoms with Gasteiger partial charge in [0.05, 0.1) is 35.8 Å². The highest BCUT2D eigenvalue weighted by Gasteiger charge is 2.71. The summed E-state index contributed by atoms with van der Waals surface area (Å²) in [6, 6.07) is 18.0. The van der Waals surface area contributed by atoms with Gasteiger partial charge in [0.1, 0.15) is 6.04 Å². The normalized spacial score (nSPS) is 31.3. The Hall–Kier alpha value is -3.36. The minimum atomic E-state index is -0.943. The molecule has 0 radical (unpaired) electrons. The van der Waals surface area contributed by atoms with Crippen LogP contribution < -0.4 is 0 Å². The number of fused-ring (bicyclic) bond motifs is 2. The Morgan fingerprint density at radius 1 is 0.975 bits per heavy atom. The smallest absolute Gasteiger partial charge is 0.311 e. The van der Waals surface area contributed by atoms with E-state index in [0.29, 0.717) is 26.1 Å². The molecule has 0 bridgehead atoms. The van der Waals surface area contributed by atoms with Crippen molar-refractivity contribution in [2.24, 2.45) is 11.8 Å². The largest absolute Gasteiger partial charge is 0.465 e. The molecule has 208 valence electrons. The van der Waals surface area contributed by atoms with Crippen LogP contribution in [0, 0.1) is 11.8 Å². The van der Waals surface area contributed by atoms with Gasteiger partial charge in [-0.15, -0.1) is 11.8 Å². The van der Waals surface area contributed by atoms with E-state index >= 15 is 0 Å². The number of hydrogen-bond donors (Lipinski definition) is 1. The summed E-state index contributed by atoms with van der Waals surface area (Å²) in [7, 11) is 0. The quantitative estimate of drug-likeness (QED) is 0.432. The molecule has 4 aliphatic heterocycles. The summed E-state index contributed by atoms with van der Waals surface area (Å²) in [6.07, 6.45) is 10.0. The third-order valence-electron chi connectivity index (χ3n) is 8.51. The molecule has 2 aromatic carbocycles. The van der Waals surface area contributed by atoms with Crippen LogP contribution in [0.5, 0.6) is 0 Å². The summed E-state index contributed by atoms with van der Waals surface area (Å²) in [5, 5.41) is 10.4. The molecular weight excluding hydrogens is 524 g/mol. The first-order valence-corrected chi connectivity index (χ1v) is 14.9. The molecule has 1 spiro atoms. The average Bonchev–Trinajstić information content (AvgIpc) is 3.39. The number of esters is 1. The SMILES string of the molecule is O=C1OCCC/C=C\[C@@H]2S[C@]34C=CCN(Cc5ccccc5)C(=O)C3N([C@@H](CO)Cc3ccccc3)C(=O)[C@@H]4[C@H]12. The Bertz CT molecular complexity index is 1320. The van der Waals surface area contributed by atoms with Crippen LogP contribution in [0.15, 0.2) is 85.0 Å². The molecule has 6 rings (SSSR count). The maximum Gasteiger partial charge on any atom is 0.311 e. The number of likely N-dealkylation sites (tertiary alicyclic amines) is 1. The molecule has 0 aromatic heterocycles. The van der Waals surface area contributed by atoms with Crippen LogP contribution in [0.4, 0.5) is 0 Å². The van der Waals surface area contributed by atoms with Gasteiger partial charge >= 0.3 is 5.97 Å². The fraction of sp³-hybridized carbons (Fsp3) is 0.406. The van der Waals surface area contributed by atoms with E-state index < -0.39 is 28.7 Å². The molecule has 2 aromatic rings. The van der Waals surface area contributed by atoms with E-state index in [0.717, 1.165) is 24.0 Å². The van der Waals surface area contributed by atoms with Crippen molar-refractivity contribution in [3.05, 3.63) is 96.1 Å². The Morgan fingerprint density at radius 2 is 1.70 bits per heavy atom. The number of aliphatic hydroxyl groups is 1. The van der Waals surface area contributed by atoms with Crippen LogP contribution >= 0.6 is 11.8 Å². The molecule has 4 aliphatic rings. The molecule has 4 heterocycles. The number of cyclic esters (lactones) is 1. The number of carbonyl (C=O) groups is 3. The highest BCUT2D eigenvalue weighted by atomic mass is 32.2. The van der Waals surface area contributed by atoms with Crippen LogP contribution in [0.1, 0.15) is 24.0 Å². The highest BCUT2D eigenvalue weighted by molar-refractivity contribution is 8.02. The molecule has 2 saturated heterocycles. The van der Waals surface area contributed by atoms with Gasteiger partial charge < -0.3 is 19.6 Å². The summed E-state index contributed by atoms with van der Waals surface area (Å²) in [4.78, 5) is 45.9. The molecule has 2 amide bonds. The minimum Gasteiger partial charge on any atom is -0.465 e. The van der Waals surface area contributed by atoms with Crippen LogP contribution in [0.25, 0.3) is 0 Å². The zero-order chi connectivity index (χ0) is 27.7. The maximum atomic E-state index is 14.5. The highest BCUT2D eigenvalue weighted by Crippen LogP contribution is 2.61. The number of hydrogen-bond acceptors (Lipinski definition) is 6. The van der Waals surface area contributed by atoms with Gasteiger partial charge in [0.15, 0.2) is 0 Å². The van der Waals surface area contributed by atoms with Gasteiger partial charge in [-0.1, -0.05) is 85.0 Å². The van der Waals surface area contributed by atoms with Crippen molar-refractivity contribution in [3.8, 4) is 0 Å². The molecule has 6 atom stereocenters. The monoisotopic (exact) mass is 558 g/mol. The Morgan fingerprint density at radius 3 is 2.42 bits per heavy atom. The van der Waals surface area contributed by atoms with E-state index in [2.05, 4.69) is 6.08 Å². The molecule has 8 heteroatoms. The van der Waals surface area contributed by atoms with Crippen molar-refractivity contribution in [2.75, 3.05) is 19.8 Å². The van der Waals surface area contributed by atoms with Gasteiger partial charge in [0.2, 0.25) is 11.8 Å². The van der Waals surface area contributed by atoms with Gasteiger partial charge in [0, 0.05) is 18.3 Å². The van der Waals surface area contributed by atoms with Crippen molar-refractivity contribution in [3.63, 3.8) is 0 Å². The second kappa shape index (κ2) is 11.3. The third kappa shape index (κ3) is 4.67. The summed E-state index contributed by atoms with van der Waals surface area (Å²) in [6.45, 7) is 0.828. The van der Waals surface area contributed by atoms with Crippen molar-refractivity contribution in [1.29, 1.82) is 0 Å². The molecule has 2 fully saturated rings. The Kier molecular flexibility index (Phi) is 7.55. The van der Waals surface area contributed by atoms with Crippen LogP contribution in [-0.4, -0.2) is 74.5 Å². The number of nitrogens with zero attached hydrogens (tertiary/aromatic N) is 2. The number of thioether (sulfide) groups is 1. The van der Waals surface area contributed by atoms with E-state index in [1.54, 1.807) is 9.80 Å². The van der Waals surface area contributed by atoms with E-state index in [1.165, 1.54) is 11.8 Å². The van der Waals surface area contributed by atoms with Crippen molar-refractivity contribution >= 4 is 29.5 Å². The van der Waals surface area contributed by atoms with Crippen LogP contribution in [0.2, 0.25) is 0 Å². The number of aliphatic hydroxyl groups excluding tert-OH is 1. The Labute approximate surface area is 238 Å². The average molecular weight is 559 g/mol. The number of amides is 2. The molecule has 0 saturated carbocycles. The molecule has 7 nitrogen and oxygen atoms in total. The van der Waals surface area contributed by atoms with Gasteiger partial charge in [0.25, 0.3) is 0 Å². The molecule has 40 heavy (non-hydrogen) atoms. The zero-order valence-corrected chi connectivity index (χ0v) is 23.1. The first-order valence-electron chi connectivity index (χ1n) is 14.0. The predicted octanol–water partition coefficient (Wildman–Crippen LogP) is 3.38. The van der Waals surface area contributed by atoms with Crippen molar-refractivity contribution in [2.45, 2.75) is 47.9 Å². The van der Waals surface area contributed by atoms with E-state index in [1.807, 2.05) is 78.9 Å². The number of benzene rings is 2. The Balaban J connectivity index is 1.44. The summed E-state index contributed by atoms with van der Waals surface area (Å²) < 4.78 is 4.71. The van der Waals surface area contributed by atoms with Crippen LogP contribution in [0.3, 0.4) is 0 Å². The first-order chi connectivity index (χ1) is 19.5. The summed E-state index contributed by atoms with van der Waals surface area (Å²) in [5.41, 5.74) is 1.97. The third-order valence-corrected chi connectivity index (χ3v) is 10.3. The van der Waals surface area contributed by atoms with E-state index in [9.17, 15) is 19.5 Å². The van der Waals surface area contributed by atoms with Gasteiger partial charge in [-0.25, -0.2) is 0 Å². The summed E-state index contributed by atoms with van der Waals surface area (Å²) >= 11 is 1.53. The predicted molar refractivity (Wildman–Crippen MR) is 153 cm³/mol. The lowest BCUT2D eigenvalue weighted by molar-refractivity contribution is -0.153. The fourth-order valence-corrected chi connectivity index (χ4v) is 8.70. The maximum absolute atomic E-state index is 14.5. The van der Waals surface area contributed by atoms with Gasteiger partial charge in [-0.05, 0) is 30.4 Å². The van der Waals surface area contributed by atoms with Gasteiger partial charge in [-0.2, -0.15) is 0 Å². The lowest BCUT2D eigenvalue weighted by Crippen LogP contribution is -2.56. The number of ether oxygens (including phenoxy) is 1. The first kappa shape index (κ1) is 26.8. The standard InChI is InChI=1S/C32H34N2O5S/c35-21-24(19-22-11-4-1-5-12-22)34-28-30(37)33(20-23-13-6-2-7-14-23)17-10-16-32(28)27(29(34)36)26-25(40-32)15-8-3-9-18-39-31(26)38/h1-2,4-8,10-16,24-28,35H,3,9,17-21H2/b15-8-/t24-,25+,26-,27+,28?,32+/m1/s1. The molecule has 1 N–H and O–H groups in total. The molecular formula is C32H34N2O5S. The fourth-order valence-electron chi connectivity index (χ4n) is 6.72.